The third-order valence-corrected chi connectivity index (χ3v) is 2.25. The van der Waals surface area contributed by atoms with Crippen molar-refractivity contribution in [2.75, 3.05) is 11.9 Å². The molecule has 0 spiro atoms. The molecule has 0 amide bonds. The Labute approximate surface area is 92.2 Å². The van der Waals surface area contributed by atoms with Gasteiger partial charge in [0.15, 0.2) is 5.65 Å². The summed E-state index contributed by atoms with van der Waals surface area (Å²) < 4.78 is 1.63. The van der Waals surface area contributed by atoms with Gasteiger partial charge in [-0.3, -0.25) is 0 Å². The minimum absolute atomic E-state index is 0.151. The molecule has 0 aliphatic rings. The molecular formula is C9H12ClN5. The zero-order valence-electron chi connectivity index (χ0n) is 8.31. The van der Waals surface area contributed by atoms with Crippen LogP contribution in [0.25, 0.3) is 5.65 Å². The molecule has 6 heteroatoms. The van der Waals surface area contributed by atoms with Gasteiger partial charge in [-0.15, -0.1) is 5.10 Å². The van der Waals surface area contributed by atoms with Gasteiger partial charge >= 0.3 is 0 Å². The predicted octanol–water partition coefficient (Wildman–Crippen LogP) is 1.14. The molecule has 5 nitrogen and oxygen atoms in total. The topological polar surface area (TPSA) is 68.2 Å². The van der Waals surface area contributed by atoms with Gasteiger partial charge in [0.25, 0.3) is 0 Å². The smallest absolute Gasteiger partial charge is 0.243 e. The van der Waals surface area contributed by atoms with Gasteiger partial charge < -0.3 is 11.1 Å². The summed E-state index contributed by atoms with van der Waals surface area (Å²) in [4.78, 5) is 4.27. The van der Waals surface area contributed by atoms with Crippen molar-refractivity contribution in [1.82, 2.24) is 14.6 Å². The van der Waals surface area contributed by atoms with E-state index < -0.39 is 0 Å². The number of nitrogens with two attached hydrogens (primary N) is 1. The number of hydrogen-bond donors (Lipinski definition) is 2. The minimum atomic E-state index is 0.151. The quantitative estimate of drug-likeness (QED) is 0.822. The maximum atomic E-state index is 5.83. The zero-order chi connectivity index (χ0) is 10.8. The number of rotatable bonds is 3. The molecule has 0 saturated carbocycles. The summed E-state index contributed by atoms with van der Waals surface area (Å²) in [5.41, 5.74) is 6.25. The fourth-order valence-electron chi connectivity index (χ4n) is 1.20. The molecule has 0 aromatic carbocycles. The van der Waals surface area contributed by atoms with E-state index in [1.54, 1.807) is 16.8 Å². The lowest BCUT2D eigenvalue weighted by atomic mass is 10.3. The average Bonchev–Trinajstić information content (AvgIpc) is 2.59. The Morgan fingerprint density at radius 3 is 3.13 bits per heavy atom. The highest BCUT2D eigenvalue weighted by molar-refractivity contribution is 6.30. The van der Waals surface area contributed by atoms with E-state index in [0.29, 0.717) is 17.5 Å². The number of halogens is 1. The van der Waals surface area contributed by atoms with Crippen molar-refractivity contribution in [2.24, 2.45) is 5.73 Å². The predicted molar refractivity (Wildman–Crippen MR) is 60.1 cm³/mol. The molecule has 1 unspecified atom stereocenters. The van der Waals surface area contributed by atoms with Crippen LogP contribution in [0.3, 0.4) is 0 Å². The average molecular weight is 226 g/mol. The summed E-state index contributed by atoms with van der Waals surface area (Å²) in [5.74, 6) is 0.565. The van der Waals surface area contributed by atoms with Gasteiger partial charge in [0.05, 0.1) is 5.02 Å². The zero-order valence-corrected chi connectivity index (χ0v) is 9.07. The molecule has 0 fully saturated rings. The van der Waals surface area contributed by atoms with E-state index in [4.69, 9.17) is 17.3 Å². The normalized spacial score (nSPS) is 13.0. The fourth-order valence-corrected chi connectivity index (χ4v) is 1.35. The van der Waals surface area contributed by atoms with Crippen LogP contribution in [-0.2, 0) is 0 Å². The Kier molecular flexibility index (Phi) is 2.75. The van der Waals surface area contributed by atoms with Gasteiger partial charge in [0, 0.05) is 18.8 Å². The number of hydrogen-bond acceptors (Lipinski definition) is 4. The maximum Gasteiger partial charge on any atom is 0.243 e. The molecular weight excluding hydrogens is 214 g/mol. The summed E-state index contributed by atoms with van der Waals surface area (Å²) in [6, 6.07) is 3.74. The Morgan fingerprint density at radius 1 is 1.60 bits per heavy atom. The summed E-state index contributed by atoms with van der Waals surface area (Å²) in [6.07, 6.45) is 1.71. The van der Waals surface area contributed by atoms with Gasteiger partial charge in [0.2, 0.25) is 5.95 Å². The first-order valence-electron chi connectivity index (χ1n) is 4.67. The van der Waals surface area contributed by atoms with Crippen LogP contribution < -0.4 is 11.1 Å². The van der Waals surface area contributed by atoms with Crippen molar-refractivity contribution in [3.05, 3.63) is 23.4 Å². The van der Waals surface area contributed by atoms with Crippen LogP contribution in [0.1, 0.15) is 6.92 Å². The van der Waals surface area contributed by atoms with Gasteiger partial charge in [-0.2, -0.15) is 4.98 Å². The second kappa shape index (κ2) is 4.04. The summed E-state index contributed by atoms with van der Waals surface area (Å²) >= 11 is 5.83. The van der Waals surface area contributed by atoms with E-state index in [-0.39, 0.29) is 6.04 Å². The number of fused-ring (bicyclic) bond motifs is 1. The lowest BCUT2D eigenvalue weighted by Gasteiger charge is -2.07. The van der Waals surface area contributed by atoms with E-state index in [9.17, 15) is 0 Å². The molecule has 15 heavy (non-hydrogen) atoms. The molecule has 2 heterocycles. The summed E-state index contributed by atoms with van der Waals surface area (Å²) in [6.45, 7) is 2.51. The maximum absolute atomic E-state index is 5.83. The summed E-state index contributed by atoms with van der Waals surface area (Å²) in [5, 5.41) is 7.94. The van der Waals surface area contributed by atoms with E-state index in [1.807, 2.05) is 13.0 Å². The first-order valence-corrected chi connectivity index (χ1v) is 5.05. The van der Waals surface area contributed by atoms with Crippen LogP contribution in [0, 0.1) is 0 Å². The third-order valence-electron chi connectivity index (χ3n) is 2.02. The highest BCUT2D eigenvalue weighted by atomic mass is 35.5. The van der Waals surface area contributed by atoms with Crippen molar-refractivity contribution in [1.29, 1.82) is 0 Å². The van der Waals surface area contributed by atoms with Gasteiger partial charge in [-0.1, -0.05) is 11.6 Å². The second-order valence-corrected chi connectivity index (χ2v) is 3.80. The molecule has 0 bridgehead atoms. The van der Waals surface area contributed by atoms with Crippen molar-refractivity contribution < 1.29 is 0 Å². The van der Waals surface area contributed by atoms with Crippen molar-refractivity contribution in [3.8, 4) is 0 Å². The number of nitrogens with zero attached hydrogens (tertiary/aromatic N) is 3. The van der Waals surface area contributed by atoms with Crippen LogP contribution in [0.5, 0.6) is 0 Å². The molecule has 2 rings (SSSR count). The van der Waals surface area contributed by atoms with Gasteiger partial charge in [-0.25, -0.2) is 4.52 Å². The van der Waals surface area contributed by atoms with E-state index in [0.717, 1.165) is 5.65 Å². The number of pyridine rings is 1. The SMILES string of the molecule is CC(CN)Nc1nc2ccc(Cl)cn2n1. The Bertz CT molecular complexity index is 466. The third kappa shape index (κ3) is 2.19. The molecule has 2 aromatic rings. The van der Waals surface area contributed by atoms with Crippen molar-refractivity contribution in [3.63, 3.8) is 0 Å². The van der Waals surface area contributed by atoms with Crippen LogP contribution in [-0.4, -0.2) is 27.2 Å². The van der Waals surface area contributed by atoms with Gasteiger partial charge in [-0.05, 0) is 19.1 Å². The van der Waals surface area contributed by atoms with Crippen LogP contribution in [0.15, 0.2) is 18.3 Å². The first-order chi connectivity index (χ1) is 7.19. The molecule has 0 aliphatic carbocycles. The molecule has 80 valence electrons. The minimum Gasteiger partial charge on any atom is -0.349 e. The lowest BCUT2D eigenvalue weighted by molar-refractivity contribution is 0.788. The van der Waals surface area contributed by atoms with Crippen molar-refractivity contribution >= 4 is 23.2 Å². The lowest BCUT2D eigenvalue weighted by Crippen LogP contribution is -2.25. The monoisotopic (exact) mass is 225 g/mol. The highest BCUT2D eigenvalue weighted by Gasteiger charge is 2.05. The standard InChI is InChI=1S/C9H12ClN5/c1-6(4-11)12-9-13-8-3-2-7(10)5-15(8)14-9/h2-3,5-6H,4,11H2,1H3,(H,12,14). The molecule has 0 aliphatic heterocycles. The highest BCUT2D eigenvalue weighted by Crippen LogP contribution is 2.11. The Balaban J connectivity index is 2.30. The largest absolute Gasteiger partial charge is 0.349 e. The van der Waals surface area contributed by atoms with Gasteiger partial charge in [0.1, 0.15) is 0 Å². The first kappa shape index (κ1) is 10.2. The van der Waals surface area contributed by atoms with Crippen molar-refractivity contribution in [2.45, 2.75) is 13.0 Å². The van der Waals surface area contributed by atoms with E-state index >= 15 is 0 Å². The molecule has 0 radical (unpaired) electrons. The fraction of sp³-hybridized carbons (Fsp3) is 0.333. The molecule has 1 atom stereocenters. The Hall–Kier alpha value is -1.33. The summed E-state index contributed by atoms with van der Waals surface area (Å²) in [7, 11) is 0. The van der Waals surface area contributed by atoms with Crippen LogP contribution >= 0.6 is 11.6 Å². The number of anilines is 1. The Morgan fingerprint density at radius 2 is 2.40 bits per heavy atom. The molecule has 0 saturated heterocycles. The van der Waals surface area contributed by atoms with Crippen LogP contribution in [0.4, 0.5) is 5.95 Å². The molecule has 2 aromatic heterocycles. The van der Waals surface area contributed by atoms with E-state index in [2.05, 4.69) is 15.4 Å². The number of nitrogens with one attached hydrogen (secondary N) is 1. The molecule has 3 N–H and O–H groups in total. The van der Waals surface area contributed by atoms with Crippen LogP contribution in [0.2, 0.25) is 5.02 Å². The second-order valence-electron chi connectivity index (χ2n) is 3.37. The van der Waals surface area contributed by atoms with E-state index in [1.165, 1.54) is 0 Å². The number of aromatic nitrogens is 3.